The van der Waals surface area contributed by atoms with Crippen molar-refractivity contribution in [3.05, 3.63) is 72.4 Å². The Labute approximate surface area is 159 Å². The van der Waals surface area contributed by atoms with Gasteiger partial charge >= 0.3 is 0 Å². The van der Waals surface area contributed by atoms with Gasteiger partial charge < -0.3 is 11.1 Å². The van der Waals surface area contributed by atoms with Gasteiger partial charge in [0.2, 0.25) is 5.91 Å². The van der Waals surface area contributed by atoms with Crippen molar-refractivity contribution in [2.75, 3.05) is 5.75 Å². The van der Waals surface area contributed by atoms with Gasteiger partial charge in [0.25, 0.3) is 5.91 Å². The topological polar surface area (TPSA) is 102 Å². The van der Waals surface area contributed by atoms with Crippen LogP contribution >= 0.6 is 0 Å². The standard InChI is InChI=1S/C20H19N3O3S/c21-19(24)18(10-11-27(26)16-7-2-1-3-8-16)23-20(25)15-12-14-6-4-5-9-17(14)22-13-15/h1-9,12-13,18H,10-11H2,(H2,21,24)(H,23,25)/t18-,27+/m0/s1. The molecule has 0 spiro atoms. The lowest BCUT2D eigenvalue weighted by atomic mass is 10.1. The lowest BCUT2D eigenvalue weighted by Crippen LogP contribution is -2.45. The van der Waals surface area contributed by atoms with Gasteiger partial charge in [-0.1, -0.05) is 36.4 Å². The highest BCUT2D eigenvalue weighted by Crippen LogP contribution is 2.13. The molecule has 6 nitrogen and oxygen atoms in total. The van der Waals surface area contributed by atoms with Crippen molar-refractivity contribution in [2.45, 2.75) is 17.4 Å². The van der Waals surface area contributed by atoms with E-state index in [4.69, 9.17) is 5.73 Å². The van der Waals surface area contributed by atoms with Crippen molar-refractivity contribution in [2.24, 2.45) is 5.73 Å². The second-order valence-electron chi connectivity index (χ2n) is 6.00. The quantitative estimate of drug-likeness (QED) is 0.653. The van der Waals surface area contributed by atoms with Gasteiger partial charge in [-0.2, -0.15) is 0 Å². The van der Waals surface area contributed by atoms with Crippen LogP contribution in [0, 0.1) is 0 Å². The molecule has 2 amide bonds. The smallest absolute Gasteiger partial charge is 0.253 e. The molecule has 2 aromatic carbocycles. The van der Waals surface area contributed by atoms with Crippen molar-refractivity contribution >= 4 is 33.5 Å². The molecule has 0 aliphatic rings. The van der Waals surface area contributed by atoms with Crippen molar-refractivity contribution in [1.29, 1.82) is 0 Å². The summed E-state index contributed by atoms with van der Waals surface area (Å²) in [7, 11) is -1.27. The Morgan fingerprint density at radius 2 is 1.78 bits per heavy atom. The fraction of sp³-hybridized carbons (Fsp3) is 0.150. The molecule has 0 aliphatic carbocycles. The van der Waals surface area contributed by atoms with E-state index in [0.717, 1.165) is 10.9 Å². The minimum atomic E-state index is -1.27. The average molecular weight is 381 g/mol. The number of hydrogen-bond donors (Lipinski definition) is 2. The number of aromatic nitrogens is 1. The van der Waals surface area contributed by atoms with E-state index in [1.54, 1.807) is 30.3 Å². The number of fused-ring (bicyclic) bond motifs is 1. The Balaban J connectivity index is 1.67. The molecule has 3 N–H and O–H groups in total. The molecular formula is C20H19N3O3S. The van der Waals surface area contributed by atoms with E-state index in [0.29, 0.717) is 10.5 Å². The number of carbonyl (C=O) groups is 2. The molecule has 0 saturated carbocycles. The van der Waals surface area contributed by atoms with Gasteiger partial charge in [0.05, 0.1) is 21.9 Å². The number of hydrogen-bond acceptors (Lipinski definition) is 4. The normalized spacial score (nSPS) is 13.0. The van der Waals surface area contributed by atoms with Crippen LogP contribution in [0.4, 0.5) is 0 Å². The van der Waals surface area contributed by atoms with E-state index in [-0.39, 0.29) is 12.2 Å². The number of nitrogens with zero attached hydrogens (tertiary/aromatic N) is 1. The van der Waals surface area contributed by atoms with Crippen molar-refractivity contribution in [3.63, 3.8) is 0 Å². The highest BCUT2D eigenvalue weighted by atomic mass is 32.2. The van der Waals surface area contributed by atoms with Crippen LogP contribution in [0.15, 0.2) is 71.8 Å². The third-order valence-electron chi connectivity index (χ3n) is 4.10. The average Bonchev–Trinajstić information content (AvgIpc) is 2.70. The molecule has 1 aromatic heterocycles. The number of para-hydroxylation sites is 1. The molecule has 3 aromatic rings. The summed E-state index contributed by atoms with van der Waals surface area (Å²) in [5, 5.41) is 3.44. The Hall–Kier alpha value is -3.06. The molecule has 0 unspecified atom stereocenters. The van der Waals surface area contributed by atoms with Crippen LogP contribution in [-0.4, -0.2) is 32.8 Å². The summed E-state index contributed by atoms with van der Waals surface area (Å²) in [5.41, 5.74) is 6.52. The van der Waals surface area contributed by atoms with Crippen LogP contribution in [0.25, 0.3) is 10.9 Å². The summed E-state index contributed by atoms with van der Waals surface area (Å²) < 4.78 is 12.3. The SMILES string of the molecule is NC(=O)[C@H](CC[S@@](=O)c1ccccc1)NC(=O)c1cnc2ccccc2c1. The van der Waals surface area contributed by atoms with E-state index in [2.05, 4.69) is 10.3 Å². The third-order valence-corrected chi connectivity index (χ3v) is 5.50. The van der Waals surface area contributed by atoms with Gasteiger partial charge in [0.1, 0.15) is 6.04 Å². The van der Waals surface area contributed by atoms with Crippen LogP contribution in [-0.2, 0) is 15.6 Å². The first-order valence-electron chi connectivity index (χ1n) is 8.43. The number of pyridine rings is 1. The van der Waals surface area contributed by atoms with Crippen LogP contribution in [0.5, 0.6) is 0 Å². The van der Waals surface area contributed by atoms with Crippen LogP contribution < -0.4 is 11.1 Å². The summed E-state index contributed by atoms with van der Waals surface area (Å²) in [5.74, 6) is -0.891. The molecule has 27 heavy (non-hydrogen) atoms. The maximum atomic E-state index is 12.5. The highest BCUT2D eigenvalue weighted by molar-refractivity contribution is 7.85. The number of carbonyl (C=O) groups excluding carboxylic acids is 2. The monoisotopic (exact) mass is 381 g/mol. The second-order valence-corrected chi connectivity index (χ2v) is 7.57. The zero-order chi connectivity index (χ0) is 19.2. The Morgan fingerprint density at radius 1 is 1.07 bits per heavy atom. The lowest BCUT2D eigenvalue weighted by molar-refractivity contribution is -0.119. The molecule has 0 bridgehead atoms. The minimum Gasteiger partial charge on any atom is -0.368 e. The second kappa shape index (κ2) is 8.55. The fourth-order valence-electron chi connectivity index (χ4n) is 2.64. The predicted octanol–water partition coefficient (Wildman–Crippen LogP) is 2.02. The Morgan fingerprint density at radius 3 is 2.52 bits per heavy atom. The fourth-order valence-corrected chi connectivity index (χ4v) is 3.78. The van der Waals surface area contributed by atoms with Crippen LogP contribution in [0.2, 0.25) is 0 Å². The van der Waals surface area contributed by atoms with Gasteiger partial charge in [0, 0.05) is 22.2 Å². The summed E-state index contributed by atoms with van der Waals surface area (Å²) >= 11 is 0. The first-order chi connectivity index (χ1) is 13.0. The van der Waals surface area contributed by atoms with Gasteiger partial charge in [0.15, 0.2) is 0 Å². The van der Waals surface area contributed by atoms with Crippen LogP contribution in [0.3, 0.4) is 0 Å². The van der Waals surface area contributed by atoms with Crippen LogP contribution in [0.1, 0.15) is 16.8 Å². The summed E-state index contributed by atoms with van der Waals surface area (Å²) in [6, 6.07) is 17.2. The van der Waals surface area contributed by atoms with Crippen molar-refractivity contribution < 1.29 is 13.8 Å². The van der Waals surface area contributed by atoms with E-state index in [1.165, 1.54) is 6.20 Å². The number of primary amides is 1. The number of amides is 2. The number of nitrogens with two attached hydrogens (primary N) is 1. The molecular weight excluding hydrogens is 362 g/mol. The molecule has 0 fully saturated rings. The predicted molar refractivity (Wildman–Crippen MR) is 105 cm³/mol. The van der Waals surface area contributed by atoms with E-state index in [1.807, 2.05) is 30.3 Å². The number of nitrogens with one attached hydrogen (secondary N) is 1. The molecule has 7 heteroatoms. The zero-order valence-corrected chi connectivity index (χ0v) is 15.3. The maximum absolute atomic E-state index is 12.5. The maximum Gasteiger partial charge on any atom is 0.253 e. The van der Waals surface area contributed by atoms with E-state index < -0.39 is 28.7 Å². The summed E-state index contributed by atoms with van der Waals surface area (Å²) in [4.78, 5) is 29.1. The zero-order valence-electron chi connectivity index (χ0n) is 14.5. The summed E-state index contributed by atoms with van der Waals surface area (Å²) in [6.07, 6.45) is 1.64. The molecule has 0 saturated heterocycles. The van der Waals surface area contributed by atoms with E-state index >= 15 is 0 Å². The Bertz CT molecular complexity index is 992. The summed E-state index contributed by atoms with van der Waals surface area (Å²) in [6.45, 7) is 0. The number of rotatable bonds is 7. The van der Waals surface area contributed by atoms with Gasteiger partial charge in [-0.25, -0.2) is 0 Å². The van der Waals surface area contributed by atoms with Crippen molar-refractivity contribution in [1.82, 2.24) is 10.3 Å². The molecule has 3 rings (SSSR count). The third kappa shape index (κ3) is 4.77. The van der Waals surface area contributed by atoms with Gasteiger partial charge in [-0.05, 0) is 30.7 Å². The first-order valence-corrected chi connectivity index (χ1v) is 9.75. The molecule has 0 aliphatic heterocycles. The van der Waals surface area contributed by atoms with Gasteiger partial charge in [-0.15, -0.1) is 0 Å². The molecule has 138 valence electrons. The Kier molecular flexibility index (Phi) is 5.93. The molecule has 1 heterocycles. The largest absolute Gasteiger partial charge is 0.368 e. The number of benzene rings is 2. The van der Waals surface area contributed by atoms with Crippen molar-refractivity contribution in [3.8, 4) is 0 Å². The lowest BCUT2D eigenvalue weighted by Gasteiger charge is -2.15. The minimum absolute atomic E-state index is 0.184. The highest BCUT2D eigenvalue weighted by Gasteiger charge is 2.20. The van der Waals surface area contributed by atoms with Gasteiger partial charge in [-0.3, -0.25) is 18.8 Å². The molecule has 0 radical (unpaired) electrons. The molecule has 2 atom stereocenters. The first kappa shape index (κ1) is 18.7. The van der Waals surface area contributed by atoms with E-state index in [9.17, 15) is 13.8 Å².